The fourth-order valence-electron chi connectivity index (χ4n) is 3.01. The zero-order valence-electron chi connectivity index (χ0n) is 15.9. The average Bonchev–Trinajstić information content (AvgIpc) is 3.05. The van der Waals surface area contributed by atoms with E-state index in [2.05, 4.69) is 21.9 Å². The first-order valence-corrected chi connectivity index (χ1v) is 8.55. The lowest BCUT2D eigenvalue weighted by Crippen LogP contribution is -2.14. The number of carbonyl (C=O) groups excluding carboxylic acids is 1. The third kappa shape index (κ3) is 3.60. The second-order valence-electron chi connectivity index (χ2n) is 6.27. The minimum atomic E-state index is -0.218. The fourth-order valence-corrected chi connectivity index (χ4v) is 3.01. The van der Waals surface area contributed by atoms with Crippen molar-refractivity contribution in [1.82, 2.24) is 9.38 Å². The summed E-state index contributed by atoms with van der Waals surface area (Å²) in [6.45, 7) is 9.46. The highest BCUT2D eigenvalue weighted by atomic mass is 16.5. The molecule has 0 radical (unpaired) electrons. The molecule has 0 saturated carbocycles. The molecule has 1 aromatic carbocycles. The highest BCUT2D eigenvalue weighted by Crippen LogP contribution is 2.20. The zero-order valence-corrected chi connectivity index (χ0v) is 15.9. The summed E-state index contributed by atoms with van der Waals surface area (Å²) in [5.41, 5.74) is 5.49. The lowest BCUT2D eigenvalue weighted by molar-refractivity contribution is 0.102. The van der Waals surface area contributed by atoms with Crippen molar-refractivity contribution in [2.45, 2.75) is 20.8 Å². The number of anilines is 1. The first-order chi connectivity index (χ1) is 12.9. The molecule has 3 aromatic rings. The van der Waals surface area contributed by atoms with E-state index in [9.17, 15) is 4.79 Å². The number of ether oxygens (including phenoxy) is 1. The van der Waals surface area contributed by atoms with Gasteiger partial charge in [-0.25, -0.2) is 9.98 Å². The van der Waals surface area contributed by atoms with Gasteiger partial charge >= 0.3 is 0 Å². The molecule has 0 fully saturated rings. The maximum atomic E-state index is 12.8. The van der Waals surface area contributed by atoms with E-state index in [0.717, 1.165) is 22.5 Å². The molecule has 6 nitrogen and oxygen atoms in total. The number of nitrogens with one attached hydrogen (secondary N) is 1. The highest BCUT2D eigenvalue weighted by Gasteiger charge is 2.15. The molecule has 27 heavy (non-hydrogen) atoms. The molecule has 6 heteroatoms. The summed E-state index contributed by atoms with van der Waals surface area (Å²) in [7, 11) is 1.55. The standard InChI is InChI=1S/C21H22N4O2/c1-6-22-21(27-5)18-12-16(8-7-13(18)2)24-20(26)17-9-10-25-15(4)11-14(3)23-19(17)25/h6-12H,1H2,2-5H3,(H,24,26). The Hall–Kier alpha value is -3.41. The Morgan fingerprint density at radius 2 is 2.00 bits per heavy atom. The van der Waals surface area contributed by atoms with Crippen LogP contribution < -0.4 is 5.32 Å². The summed E-state index contributed by atoms with van der Waals surface area (Å²) in [5.74, 6) is 0.227. The minimum absolute atomic E-state index is 0.218. The van der Waals surface area contributed by atoms with Crippen LogP contribution >= 0.6 is 0 Å². The zero-order chi connectivity index (χ0) is 19.6. The number of carbonyl (C=O) groups is 1. The smallest absolute Gasteiger partial charge is 0.259 e. The number of aryl methyl sites for hydroxylation is 3. The topological polar surface area (TPSA) is 68.0 Å². The van der Waals surface area contributed by atoms with Gasteiger partial charge in [-0.3, -0.25) is 4.79 Å². The molecule has 1 amide bonds. The van der Waals surface area contributed by atoms with Crippen molar-refractivity contribution in [1.29, 1.82) is 0 Å². The van der Waals surface area contributed by atoms with Crippen LogP contribution in [0.3, 0.4) is 0 Å². The van der Waals surface area contributed by atoms with Gasteiger partial charge in [-0.15, -0.1) is 0 Å². The molecule has 0 saturated heterocycles. The Morgan fingerprint density at radius 3 is 2.70 bits per heavy atom. The molecular formula is C21H22N4O2. The average molecular weight is 362 g/mol. The molecule has 0 aliphatic heterocycles. The van der Waals surface area contributed by atoms with Gasteiger partial charge in [0.15, 0.2) is 0 Å². The van der Waals surface area contributed by atoms with Gasteiger partial charge in [-0.1, -0.05) is 12.6 Å². The van der Waals surface area contributed by atoms with Crippen LogP contribution in [0.15, 0.2) is 54.3 Å². The lowest BCUT2D eigenvalue weighted by atomic mass is 10.1. The molecule has 2 aromatic heterocycles. The number of fused-ring (bicyclic) bond motifs is 1. The summed E-state index contributed by atoms with van der Waals surface area (Å²) in [5, 5.41) is 2.94. The van der Waals surface area contributed by atoms with Crippen molar-refractivity contribution in [2.24, 2.45) is 4.99 Å². The first-order valence-electron chi connectivity index (χ1n) is 8.55. The molecule has 2 heterocycles. The van der Waals surface area contributed by atoms with Crippen LogP contribution in [0.4, 0.5) is 5.69 Å². The number of hydrogen-bond acceptors (Lipinski definition) is 4. The molecule has 0 aliphatic rings. The monoisotopic (exact) mass is 362 g/mol. The van der Waals surface area contributed by atoms with Crippen LogP contribution in [0.1, 0.15) is 32.9 Å². The maximum absolute atomic E-state index is 12.8. The summed E-state index contributed by atoms with van der Waals surface area (Å²) in [6, 6.07) is 9.35. The minimum Gasteiger partial charge on any atom is -0.481 e. The Balaban J connectivity index is 1.95. The van der Waals surface area contributed by atoms with Gasteiger partial charge in [0.1, 0.15) is 5.65 Å². The van der Waals surface area contributed by atoms with Crippen LogP contribution in [-0.4, -0.2) is 28.3 Å². The van der Waals surface area contributed by atoms with E-state index in [1.165, 1.54) is 6.20 Å². The number of benzene rings is 1. The highest BCUT2D eigenvalue weighted by molar-refractivity contribution is 6.09. The number of aromatic nitrogens is 2. The third-order valence-electron chi connectivity index (χ3n) is 4.31. The second-order valence-corrected chi connectivity index (χ2v) is 6.27. The predicted molar refractivity (Wildman–Crippen MR) is 108 cm³/mol. The van der Waals surface area contributed by atoms with Crippen molar-refractivity contribution < 1.29 is 9.53 Å². The summed E-state index contributed by atoms with van der Waals surface area (Å²) in [4.78, 5) is 21.5. The molecule has 0 unspecified atom stereocenters. The first kappa shape index (κ1) is 18.4. The Bertz CT molecular complexity index is 1060. The SMILES string of the molecule is C=CN=C(OC)c1cc(NC(=O)c2ccn3c(C)cc(C)nc23)ccc1C. The molecule has 0 atom stereocenters. The van der Waals surface area contributed by atoms with E-state index in [-0.39, 0.29) is 5.91 Å². The Kier molecular flexibility index (Phi) is 5.07. The Labute approximate surface area is 158 Å². The van der Waals surface area contributed by atoms with E-state index >= 15 is 0 Å². The van der Waals surface area contributed by atoms with E-state index < -0.39 is 0 Å². The quantitative estimate of drug-likeness (QED) is 0.562. The van der Waals surface area contributed by atoms with Crippen molar-refractivity contribution in [3.05, 3.63) is 77.4 Å². The molecule has 3 rings (SSSR count). The van der Waals surface area contributed by atoms with Crippen LogP contribution in [-0.2, 0) is 4.74 Å². The summed E-state index contributed by atoms with van der Waals surface area (Å²) >= 11 is 0. The molecule has 138 valence electrons. The van der Waals surface area contributed by atoms with E-state index in [1.807, 2.05) is 55.6 Å². The summed E-state index contributed by atoms with van der Waals surface area (Å²) < 4.78 is 7.23. The van der Waals surface area contributed by atoms with Gasteiger partial charge in [0.25, 0.3) is 5.91 Å². The number of aliphatic imine (C=N–C) groups is 1. The predicted octanol–water partition coefficient (Wildman–Crippen LogP) is 4.05. The molecule has 0 spiro atoms. The van der Waals surface area contributed by atoms with Crippen molar-refractivity contribution >= 4 is 23.1 Å². The van der Waals surface area contributed by atoms with Crippen LogP contribution in [0, 0.1) is 20.8 Å². The van der Waals surface area contributed by atoms with E-state index in [0.29, 0.717) is 22.8 Å². The van der Waals surface area contributed by atoms with E-state index in [1.54, 1.807) is 13.2 Å². The van der Waals surface area contributed by atoms with Crippen LogP contribution in [0.5, 0.6) is 0 Å². The number of amides is 1. The Morgan fingerprint density at radius 1 is 1.22 bits per heavy atom. The van der Waals surface area contributed by atoms with Crippen LogP contribution in [0.2, 0.25) is 0 Å². The van der Waals surface area contributed by atoms with Gasteiger partial charge in [0, 0.05) is 35.0 Å². The summed E-state index contributed by atoms with van der Waals surface area (Å²) in [6.07, 6.45) is 3.28. The fraction of sp³-hybridized carbons (Fsp3) is 0.190. The normalized spacial score (nSPS) is 11.5. The maximum Gasteiger partial charge on any atom is 0.259 e. The number of methoxy groups -OCH3 is 1. The molecule has 0 bridgehead atoms. The largest absolute Gasteiger partial charge is 0.481 e. The van der Waals surface area contributed by atoms with Gasteiger partial charge in [0.2, 0.25) is 5.90 Å². The van der Waals surface area contributed by atoms with Crippen LogP contribution in [0.25, 0.3) is 5.65 Å². The van der Waals surface area contributed by atoms with Crippen molar-refractivity contribution in [3.8, 4) is 0 Å². The third-order valence-corrected chi connectivity index (χ3v) is 4.31. The van der Waals surface area contributed by atoms with E-state index in [4.69, 9.17) is 4.74 Å². The van der Waals surface area contributed by atoms with Gasteiger partial charge in [0.05, 0.1) is 12.7 Å². The molecule has 0 aliphatic carbocycles. The van der Waals surface area contributed by atoms with Gasteiger partial charge in [-0.2, -0.15) is 0 Å². The molecular weight excluding hydrogens is 340 g/mol. The molecule has 1 N–H and O–H groups in total. The van der Waals surface area contributed by atoms with Crippen molar-refractivity contribution in [2.75, 3.05) is 12.4 Å². The second kappa shape index (κ2) is 7.45. The number of nitrogens with zero attached hydrogens (tertiary/aromatic N) is 3. The lowest BCUT2D eigenvalue weighted by Gasteiger charge is -2.11. The van der Waals surface area contributed by atoms with Gasteiger partial charge < -0.3 is 14.5 Å². The van der Waals surface area contributed by atoms with Gasteiger partial charge in [-0.05, 0) is 50.6 Å². The number of hydrogen-bond donors (Lipinski definition) is 1. The van der Waals surface area contributed by atoms with Crippen molar-refractivity contribution in [3.63, 3.8) is 0 Å². The number of rotatable bonds is 4.